The van der Waals surface area contributed by atoms with Crippen molar-refractivity contribution in [3.63, 3.8) is 0 Å². The fourth-order valence-corrected chi connectivity index (χ4v) is 4.40. The van der Waals surface area contributed by atoms with E-state index in [0.717, 1.165) is 45.1 Å². The largest absolute Gasteiger partial charge is 0.490 e. The number of ether oxygens (including phenoxy) is 1. The number of rotatable bonds is 5. The number of carboxylic acid groups (broad SMARTS) is 1. The van der Waals surface area contributed by atoms with Crippen LogP contribution in [0, 0.1) is 17.3 Å². The maximum Gasteiger partial charge on any atom is 0.490 e. The summed E-state index contributed by atoms with van der Waals surface area (Å²) in [5.74, 6) is -1.29. The molecule has 0 aromatic carbocycles. The molecule has 2 saturated heterocycles. The maximum absolute atomic E-state index is 12.6. The lowest BCUT2D eigenvalue weighted by Gasteiger charge is -2.30. The Morgan fingerprint density at radius 2 is 2.07 bits per heavy atom. The van der Waals surface area contributed by atoms with Gasteiger partial charge in [-0.1, -0.05) is 5.16 Å². The van der Waals surface area contributed by atoms with Gasteiger partial charge in [-0.25, -0.2) is 4.79 Å². The van der Waals surface area contributed by atoms with E-state index >= 15 is 0 Å². The molecule has 1 saturated carbocycles. The molecule has 30 heavy (non-hydrogen) atoms. The Balaban J connectivity index is 0.000000318. The van der Waals surface area contributed by atoms with E-state index in [2.05, 4.69) is 10.1 Å². The van der Waals surface area contributed by atoms with Gasteiger partial charge in [0, 0.05) is 51.2 Å². The van der Waals surface area contributed by atoms with Gasteiger partial charge in [-0.05, 0) is 25.2 Å². The summed E-state index contributed by atoms with van der Waals surface area (Å²) in [6, 6.07) is 0. The molecule has 168 valence electrons. The van der Waals surface area contributed by atoms with E-state index in [0.29, 0.717) is 11.5 Å². The van der Waals surface area contributed by atoms with Gasteiger partial charge in [-0.3, -0.25) is 4.79 Å². The highest BCUT2D eigenvalue weighted by atomic mass is 19.4. The van der Waals surface area contributed by atoms with Crippen LogP contribution >= 0.6 is 0 Å². The van der Waals surface area contributed by atoms with Crippen LogP contribution in [0.25, 0.3) is 0 Å². The van der Waals surface area contributed by atoms with E-state index in [1.54, 1.807) is 7.11 Å². The van der Waals surface area contributed by atoms with Gasteiger partial charge in [-0.15, -0.1) is 0 Å². The number of hydrogen-bond donors (Lipinski definition) is 1. The molecule has 8 nitrogen and oxygen atoms in total. The summed E-state index contributed by atoms with van der Waals surface area (Å²) in [5.41, 5.74) is 0.746. The van der Waals surface area contributed by atoms with E-state index < -0.39 is 12.1 Å². The summed E-state index contributed by atoms with van der Waals surface area (Å²) in [6.45, 7) is 5.87. The summed E-state index contributed by atoms with van der Waals surface area (Å²) in [6.07, 6.45) is 1.70. The van der Waals surface area contributed by atoms with Crippen molar-refractivity contribution in [3.05, 3.63) is 18.0 Å². The number of likely N-dealkylation sites (tertiary alicyclic amines) is 2. The molecule has 1 amide bonds. The van der Waals surface area contributed by atoms with E-state index in [-0.39, 0.29) is 11.3 Å². The fourth-order valence-electron chi connectivity index (χ4n) is 4.40. The Labute approximate surface area is 171 Å². The topological polar surface area (TPSA) is 96.1 Å². The maximum atomic E-state index is 12.6. The molecule has 0 unspecified atom stereocenters. The number of halogens is 3. The molecule has 4 rings (SSSR count). The van der Waals surface area contributed by atoms with E-state index in [1.165, 1.54) is 31.8 Å². The highest BCUT2D eigenvalue weighted by Crippen LogP contribution is 2.45. The minimum Gasteiger partial charge on any atom is -0.475 e. The Kier molecular flexibility index (Phi) is 6.71. The highest BCUT2D eigenvalue weighted by Gasteiger charge is 2.51. The van der Waals surface area contributed by atoms with Crippen molar-refractivity contribution in [1.82, 2.24) is 15.0 Å². The molecule has 1 aromatic heterocycles. The summed E-state index contributed by atoms with van der Waals surface area (Å²) in [4.78, 5) is 26.0. The number of carboxylic acids is 1. The summed E-state index contributed by atoms with van der Waals surface area (Å²) < 4.78 is 42.0. The smallest absolute Gasteiger partial charge is 0.475 e. The van der Waals surface area contributed by atoms with Gasteiger partial charge in [0.2, 0.25) is 0 Å². The minimum atomic E-state index is -5.08. The number of carbonyl (C=O) groups excluding carboxylic acids is 1. The van der Waals surface area contributed by atoms with Gasteiger partial charge in [0.1, 0.15) is 6.26 Å². The molecule has 3 fully saturated rings. The van der Waals surface area contributed by atoms with Crippen molar-refractivity contribution < 1.29 is 37.1 Å². The third kappa shape index (κ3) is 5.31. The highest BCUT2D eigenvalue weighted by molar-refractivity contribution is 5.93. The average molecular weight is 433 g/mol. The van der Waals surface area contributed by atoms with Crippen LogP contribution in [0.3, 0.4) is 0 Å². The zero-order valence-corrected chi connectivity index (χ0v) is 16.7. The third-order valence-electron chi connectivity index (χ3n) is 6.06. The fraction of sp³-hybridized carbons (Fsp3) is 0.737. The van der Waals surface area contributed by atoms with Crippen molar-refractivity contribution in [2.75, 3.05) is 46.4 Å². The van der Waals surface area contributed by atoms with Crippen LogP contribution in [0.1, 0.15) is 29.6 Å². The lowest BCUT2D eigenvalue weighted by Crippen LogP contribution is -2.38. The number of amides is 1. The summed E-state index contributed by atoms with van der Waals surface area (Å²) in [7, 11) is 1.78. The first-order chi connectivity index (χ1) is 14.1. The van der Waals surface area contributed by atoms with Gasteiger partial charge in [0.25, 0.3) is 5.91 Å². The van der Waals surface area contributed by atoms with Gasteiger partial charge in [-0.2, -0.15) is 13.2 Å². The molecule has 1 spiro atoms. The van der Waals surface area contributed by atoms with Crippen molar-refractivity contribution in [3.8, 4) is 0 Å². The summed E-state index contributed by atoms with van der Waals surface area (Å²) >= 11 is 0. The number of carbonyl (C=O) groups is 2. The molecule has 1 aliphatic carbocycles. The van der Waals surface area contributed by atoms with Crippen molar-refractivity contribution in [2.45, 2.75) is 25.4 Å². The van der Waals surface area contributed by atoms with Crippen LogP contribution in [0.5, 0.6) is 0 Å². The Bertz CT molecular complexity index is 738. The number of alkyl halides is 3. The van der Waals surface area contributed by atoms with E-state index in [1.807, 2.05) is 4.90 Å². The molecule has 1 N–H and O–H groups in total. The second kappa shape index (κ2) is 8.93. The van der Waals surface area contributed by atoms with Crippen LogP contribution in [-0.2, 0) is 9.53 Å². The lowest BCUT2D eigenvalue weighted by atomic mass is 9.77. The Morgan fingerprint density at radius 3 is 2.60 bits per heavy atom. The Morgan fingerprint density at radius 1 is 1.37 bits per heavy atom. The van der Waals surface area contributed by atoms with Crippen LogP contribution in [0.4, 0.5) is 13.2 Å². The van der Waals surface area contributed by atoms with E-state index in [9.17, 15) is 18.0 Å². The second-order valence-electron chi connectivity index (χ2n) is 8.34. The number of methoxy groups -OCH3 is 1. The van der Waals surface area contributed by atoms with Crippen LogP contribution in [0.15, 0.2) is 17.0 Å². The molecule has 0 radical (unpaired) electrons. The summed E-state index contributed by atoms with van der Waals surface area (Å²) in [5, 5.41) is 10.8. The van der Waals surface area contributed by atoms with Crippen LogP contribution in [-0.4, -0.2) is 84.6 Å². The van der Waals surface area contributed by atoms with Crippen molar-refractivity contribution in [2.24, 2.45) is 17.3 Å². The molecular formula is C19H26F3N3O5. The quantitative estimate of drug-likeness (QED) is 0.760. The first-order valence-electron chi connectivity index (χ1n) is 9.84. The normalized spacial score (nSPS) is 26.7. The first-order valence-corrected chi connectivity index (χ1v) is 9.84. The molecule has 3 aliphatic rings. The molecule has 0 bridgehead atoms. The average Bonchev–Trinajstić information content (AvgIpc) is 3.10. The molecule has 2 atom stereocenters. The molecule has 1 aromatic rings. The predicted octanol–water partition coefficient (Wildman–Crippen LogP) is 2.13. The van der Waals surface area contributed by atoms with Gasteiger partial charge in [0.05, 0.1) is 18.4 Å². The number of nitrogens with zero attached hydrogens (tertiary/aromatic N) is 3. The number of aromatic nitrogens is 1. The SMILES string of the molecule is COC[C@@H]1CN(CC2CC2)C[C@@]12CCN(C(=O)c1cnoc1)C2.O=C(O)C(F)(F)F. The van der Waals surface area contributed by atoms with Gasteiger partial charge >= 0.3 is 12.1 Å². The molecule has 11 heteroatoms. The third-order valence-corrected chi connectivity index (χ3v) is 6.06. The molecule has 2 aliphatic heterocycles. The number of hydrogen-bond acceptors (Lipinski definition) is 6. The minimum absolute atomic E-state index is 0.0416. The first kappa shape index (κ1) is 22.5. The monoisotopic (exact) mass is 433 g/mol. The standard InChI is InChI=1S/C17H25N3O3.C2HF3O2/c1-22-10-15-8-19(7-13-2-3-13)11-17(15)4-5-20(12-17)16(21)14-6-18-23-9-14;3-2(4,5)1(6)7/h6,9,13,15H,2-5,7-8,10-12H2,1H3;(H,6,7)/t15-,17+;/m0./s1. The van der Waals surface area contributed by atoms with Gasteiger partial charge in [0.15, 0.2) is 0 Å². The van der Waals surface area contributed by atoms with Gasteiger partial charge < -0.3 is 24.2 Å². The predicted molar refractivity (Wildman–Crippen MR) is 97.7 cm³/mol. The second-order valence-corrected chi connectivity index (χ2v) is 8.34. The number of aliphatic carboxylic acids is 1. The lowest BCUT2D eigenvalue weighted by molar-refractivity contribution is -0.192. The van der Waals surface area contributed by atoms with Crippen LogP contribution < -0.4 is 0 Å². The zero-order chi connectivity index (χ0) is 21.9. The zero-order valence-electron chi connectivity index (χ0n) is 16.7. The molecule has 3 heterocycles. The Hall–Kier alpha value is -2.14. The van der Waals surface area contributed by atoms with Crippen molar-refractivity contribution >= 4 is 11.9 Å². The van der Waals surface area contributed by atoms with Crippen molar-refractivity contribution in [1.29, 1.82) is 0 Å². The van der Waals surface area contributed by atoms with E-state index in [4.69, 9.17) is 19.2 Å². The van der Waals surface area contributed by atoms with Crippen LogP contribution in [0.2, 0.25) is 0 Å². The molecular weight excluding hydrogens is 407 g/mol.